The van der Waals surface area contributed by atoms with Gasteiger partial charge in [-0.1, -0.05) is 11.6 Å². The van der Waals surface area contributed by atoms with Crippen LogP contribution in [0.3, 0.4) is 0 Å². The summed E-state index contributed by atoms with van der Waals surface area (Å²) in [6, 6.07) is 3.04. The molecule has 0 bridgehead atoms. The molecule has 0 amide bonds. The van der Waals surface area contributed by atoms with Crippen molar-refractivity contribution in [1.82, 2.24) is 9.38 Å². The van der Waals surface area contributed by atoms with Gasteiger partial charge in [-0.25, -0.2) is 4.98 Å². The molecule has 0 aromatic carbocycles. The summed E-state index contributed by atoms with van der Waals surface area (Å²) < 4.78 is 26.5. The van der Waals surface area contributed by atoms with Crippen molar-refractivity contribution in [2.45, 2.75) is 5.38 Å². The largest absolute Gasteiger partial charge is 0.386 e. The number of rotatable bonds is 2. The molecular weight excluding hydrogens is 261 g/mol. The van der Waals surface area contributed by atoms with E-state index in [2.05, 4.69) is 16.6 Å². The average molecular weight is 265 g/mol. The van der Waals surface area contributed by atoms with Gasteiger partial charge in [0.2, 0.25) is 0 Å². The van der Waals surface area contributed by atoms with Crippen LogP contribution < -0.4 is 0 Å². The topological polar surface area (TPSA) is 34.4 Å². The van der Waals surface area contributed by atoms with Crippen molar-refractivity contribution in [3.63, 3.8) is 0 Å². The molecule has 0 aliphatic rings. The molecule has 0 radical (unpaired) electrons. The third kappa shape index (κ3) is 1.88. The first-order valence-corrected chi connectivity index (χ1v) is 4.89. The van der Waals surface area contributed by atoms with Gasteiger partial charge in [0.25, 0.3) is 5.78 Å². The highest BCUT2D eigenvalue weighted by Gasteiger charge is 2.38. The standard InChI is InChI=1S/C9H4Cl2F2N2O/c10-5-1-2-7-14-3-6(15(7)4-5)8(16)9(11,12)13/h1-4H. The van der Waals surface area contributed by atoms with E-state index in [4.69, 9.17) is 11.6 Å². The maximum Gasteiger partial charge on any atom is 0.386 e. The van der Waals surface area contributed by atoms with Gasteiger partial charge < -0.3 is 0 Å². The summed E-state index contributed by atoms with van der Waals surface area (Å²) in [6.07, 6.45) is 2.35. The second kappa shape index (κ2) is 3.68. The van der Waals surface area contributed by atoms with Crippen LogP contribution in [0.25, 0.3) is 5.65 Å². The van der Waals surface area contributed by atoms with E-state index in [1.54, 1.807) is 0 Å². The Kier molecular flexibility index (Phi) is 2.59. The summed E-state index contributed by atoms with van der Waals surface area (Å²) in [7, 11) is 0. The van der Waals surface area contributed by atoms with Crippen molar-refractivity contribution in [1.29, 1.82) is 0 Å². The molecule has 0 atom stereocenters. The molecule has 16 heavy (non-hydrogen) atoms. The van der Waals surface area contributed by atoms with E-state index < -0.39 is 11.2 Å². The molecule has 0 N–H and O–H groups in total. The first-order chi connectivity index (χ1) is 7.39. The maximum absolute atomic E-state index is 12.6. The molecule has 0 saturated carbocycles. The number of carbonyl (C=O) groups excluding carboxylic acids is 1. The Bertz CT molecular complexity index is 562. The molecule has 84 valence electrons. The number of carbonyl (C=O) groups is 1. The Morgan fingerprint density at radius 1 is 1.44 bits per heavy atom. The zero-order chi connectivity index (χ0) is 11.9. The van der Waals surface area contributed by atoms with E-state index in [-0.39, 0.29) is 5.69 Å². The first kappa shape index (κ1) is 11.3. The number of Topliss-reactive ketones (excluding diaryl/α,β-unsaturated/α-hetero) is 1. The van der Waals surface area contributed by atoms with Gasteiger partial charge in [-0.2, -0.15) is 8.78 Å². The molecule has 0 spiro atoms. The second-order valence-corrected chi connectivity index (χ2v) is 3.96. The van der Waals surface area contributed by atoms with E-state index in [0.29, 0.717) is 10.7 Å². The molecule has 3 nitrogen and oxygen atoms in total. The van der Waals surface area contributed by atoms with Gasteiger partial charge in [0.1, 0.15) is 11.3 Å². The molecule has 2 aromatic rings. The fraction of sp³-hybridized carbons (Fsp3) is 0.111. The molecule has 0 aliphatic carbocycles. The normalized spacial score (nSPS) is 12.0. The number of nitrogens with zero attached hydrogens (tertiary/aromatic N) is 2. The van der Waals surface area contributed by atoms with Crippen molar-refractivity contribution < 1.29 is 13.6 Å². The van der Waals surface area contributed by atoms with Crippen LogP contribution in [0.15, 0.2) is 24.5 Å². The number of aromatic nitrogens is 2. The molecule has 0 saturated heterocycles. The summed E-state index contributed by atoms with van der Waals surface area (Å²) in [5.74, 6) is -1.51. The highest BCUT2D eigenvalue weighted by atomic mass is 35.5. The van der Waals surface area contributed by atoms with Crippen LogP contribution in [0.2, 0.25) is 5.02 Å². The number of hydrogen-bond acceptors (Lipinski definition) is 2. The summed E-state index contributed by atoms with van der Waals surface area (Å²) in [6.45, 7) is 0. The van der Waals surface area contributed by atoms with Crippen molar-refractivity contribution in [2.24, 2.45) is 0 Å². The monoisotopic (exact) mass is 264 g/mol. The number of hydrogen-bond donors (Lipinski definition) is 0. The molecular formula is C9H4Cl2F2N2O. The van der Waals surface area contributed by atoms with Gasteiger partial charge in [-0.3, -0.25) is 9.20 Å². The molecule has 0 unspecified atom stereocenters. The third-order valence-electron chi connectivity index (χ3n) is 1.96. The number of pyridine rings is 1. The Hall–Kier alpha value is -1.20. The van der Waals surface area contributed by atoms with Gasteiger partial charge in [0, 0.05) is 6.20 Å². The highest BCUT2D eigenvalue weighted by molar-refractivity contribution is 6.35. The fourth-order valence-electron chi connectivity index (χ4n) is 1.27. The molecule has 2 aromatic heterocycles. The SMILES string of the molecule is O=C(c1cnc2ccc(Cl)cn12)C(F)(F)Cl. The first-order valence-electron chi connectivity index (χ1n) is 4.14. The Labute approximate surface area is 98.6 Å². The Balaban J connectivity index is 2.62. The molecule has 0 aliphatic heterocycles. The lowest BCUT2D eigenvalue weighted by atomic mass is 10.3. The summed E-state index contributed by atoms with van der Waals surface area (Å²) in [5.41, 5.74) is 0.0335. The Morgan fingerprint density at radius 3 is 2.75 bits per heavy atom. The van der Waals surface area contributed by atoms with Crippen molar-refractivity contribution in [3.05, 3.63) is 35.2 Å². The van der Waals surface area contributed by atoms with Crippen LogP contribution in [-0.4, -0.2) is 20.5 Å². The van der Waals surface area contributed by atoms with Crippen LogP contribution >= 0.6 is 23.2 Å². The van der Waals surface area contributed by atoms with Crippen LogP contribution in [0.1, 0.15) is 10.5 Å². The summed E-state index contributed by atoms with van der Waals surface area (Å²) >= 11 is 10.3. The predicted molar refractivity (Wildman–Crippen MR) is 55.3 cm³/mol. The molecule has 7 heteroatoms. The lowest BCUT2D eigenvalue weighted by molar-refractivity contribution is 0.0529. The third-order valence-corrected chi connectivity index (χ3v) is 2.35. The van der Waals surface area contributed by atoms with E-state index in [0.717, 1.165) is 6.20 Å². The smallest absolute Gasteiger partial charge is 0.295 e. The van der Waals surface area contributed by atoms with E-state index in [9.17, 15) is 13.6 Å². The van der Waals surface area contributed by atoms with Gasteiger partial charge in [0.15, 0.2) is 0 Å². The van der Waals surface area contributed by atoms with Crippen molar-refractivity contribution in [3.8, 4) is 0 Å². The number of ketones is 1. The number of alkyl halides is 3. The summed E-state index contributed by atoms with van der Waals surface area (Å²) in [4.78, 5) is 15.1. The number of imidazole rings is 1. The zero-order valence-corrected chi connectivity index (χ0v) is 9.14. The van der Waals surface area contributed by atoms with Gasteiger partial charge in [-0.05, 0) is 23.7 Å². The molecule has 2 rings (SSSR count). The van der Waals surface area contributed by atoms with E-state index in [1.807, 2.05) is 0 Å². The minimum absolute atomic E-state index is 0.303. The van der Waals surface area contributed by atoms with E-state index in [1.165, 1.54) is 22.7 Å². The second-order valence-electron chi connectivity index (χ2n) is 3.05. The average Bonchev–Trinajstić information content (AvgIpc) is 2.57. The zero-order valence-electron chi connectivity index (χ0n) is 7.62. The van der Waals surface area contributed by atoms with E-state index >= 15 is 0 Å². The maximum atomic E-state index is 12.6. The quantitative estimate of drug-likeness (QED) is 0.617. The molecule has 2 heterocycles. The van der Waals surface area contributed by atoms with Crippen molar-refractivity contribution in [2.75, 3.05) is 0 Å². The Morgan fingerprint density at radius 2 is 2.12 bits per heavy atom. The van der Waals surface area contributed by atoms with Crippen LogP contribution in [0.4, 0.5) is 8.78 Å². The molecule has 0 fully saturated rings. The summed E-state index contributed by atoms with van der Waals surface area (Å²) in [5, 5.41) is -3.64. The van der Waals surface area contributed by atoms with Crippen molar-refractivity contribution >= 4 is 34.6 Å². The van der Waals surface area contributed by atoms with Gasteiger partial charge >= 0.3 is 5.38 Å². The number of halogens is 4. The minimum Gasteiger partial charge on any atom is -0.295 e. The van der Waals surface area contributed by atoms with Crippen LogP contribution in [0.5, 0.6) is 0 Å². The lowest BCUT2D eigenvalue weighted by Gasteiger charge is -2.05. The van der Waals surface area contributed by atoms with Crippen LogP contribution in [0, 0.1) is 0 Å². The van der Waals surface area contributed by atoms with Gasteiger partial charge in [-0.15, -0.1) is 0 Å². The number of fused-ring (bicyclic) bond motifs is 1. The van der Waals surface area contributed by atoms with Crippen LogP contribution in [-0.2, 0) is 0 Å². The lowest BCUT2D eigenvalue weighted by Crippen LogP contribution is -2.22. The van der Waals surface area contributed by atoms with Gasteiger partial charge in [0.05, 0.1) is 11.2 Å². The minimum atomic E-state index is -3.95. The fourth-order valence-corrected chi connectivity index (χ4v) is 1.53. The highest BCUT2D eigenvalue weighted by Crippen LogP contribution is 2.25. The predicted octanol–water partition coefficient (Wildman–Crippen LogP) is 3.00.